The molecule has 1 unspecified atom stereocenters. The first kappa shape index (κ1) is 20.5. The Hall–Kier alpha value is -3.78. The number of imide groups is 1. The van der Waals surface area contributed by atoms with Crippen LogP contribution in [0.15, 0.2) is 48.5 Å². The number of nitrogens with one attached hydrogen (secondary N) is 1. The number of aromatic amines is 1. The Morgan fingerprint density at radius 2 is 1.55 bits per heavy atom. The number of rotatable bonds is 8. The van der Waals surface area contributed by atoms with Crippen LogP contribution in [-0.2, 0) is 11.2 Å². The SMILES string of the molecule is NC(=O)C(N)C(=O)c1c(CCCCN2C(=O)c3ccccc3C2=O)[nH]c2ccccc12. The van der Waals surface area contributed by atoms with Gasteiger partial charge in [0, 0.05) is 28.7 Å². The fourth-order valence-corrected chi connectivity index (χ4v) is 3.97. The van der Waals surface area contributed by atoms with Gasteiger partial charge < -0.3 is 16.5 Å². The summed E-state index contributed by atoms with van der Waals surface area (Å²) in [5, 5.41) is 0.680. The summed E-state index contributed by atoms with van der Waals surface area (Å²) in [6, 6.07) is 12.6. The first-order valence-corrected chi connectivity index (χ1v) is 10.0. The molecule has 0 radical (unpaired) electrons. The second kappa shape index (κ2) is 8.16. The average molecular weight is 418 g/mol. The molecule has 0 spiro atoms. The highest BCUT2D eigenvalue weighted by Gasteiger charge is 2.34. The molecule has 8 nitrogen and oxygen atoms in total. The van der Waals surface area contributed by atoms with Crippen LogP contribution < -0.4 is 11.5 Å². The number of unbranched alkanes of at least 4 members (excludes halogenated alkanes) is 1. The molecular formula is C23H22N4O4. The zero-order chi connectivity index (χ0) is 22.1. The summed E-state index contributed by atoms with van der Waals surface area (Å²) in [7, 11) is 0. The molecular weight excluding hydrogens is 396 g/mol. The third kappa shape index (κ3) is 3.62. The van der Waals surface area contributed by atoms with E-state index in [4.69, 9.17) is 11.5 Å². The standard InChI is InChI=1S/C23H22N4O4/c24-19(21(25)29)20(28)18-15-9-3-4-10-16(15)26-17(18)11-5-6-12-27-22(30)13-7-1-2-8-14(13)23(27)31/h1-4,7-10,19,26H,5-6,11-12,24H2,(H2,25,29). The van der Waals surface area contributed by atoms with Crippen molar-refractivity contribution in [3.8, 4) is 0 Å². The van der Waals surface area contributed by atoms with E-state index >= 15 is 0 Å². The van der Waals surface area contributed by atoms with Crippen LogP contribution in [0.25, 0.3) is 10.9 Å². The molecule has 0 fully saturated rings. The molecule has 0 aliphatic carbocycles. The molecule has 2 aromatic carbocycles. The zero-order valence-corrected chi connectivity index (χ0v) is 16.8. The largest absolute Gasteiger partial charge is 0.368 e. The Bertz CT molecular complexity index is 1180. The molecule has 2 heterocycles. The smallest absolute Gasteiger partial charge is 0.261 e. The van der Waals surface area contributed by atoms with E-state index in [2.05, 4.69) is 4.98 Å². The van der Waals surface area contributed by atoms with Gasteiger partial charge in [-0.3, -0.25) is 24.1 Å². The summed E-state index contributed by atoms with van der Waals surface area (Å²) in [4.78, 5) is 53.6. The van der Waals surface area contributed by atoms with Gasteiger partial charge in [0.25, 0.3) is 11.8 Å². The summed E-state index contributed by atoms with van der Waals surface area (Å²) < 4.78 is 0. The summed E-state index contributed by atoms with van der Waals surface area (Å²) in [6.45, 7) is 0.288. The van der Waals surface area contributed by atoms with Gasteiger partial charge in [0.2, 0.25) is 5.91 Å². The number of benzene rings is 2. The van der Waals surface area contributed by atoms with Gasteiger partial charge in [-0.1, -0.05) is 30.3 Å². The van der Waals surface area contributed by atoms with Gasteiger partial charge in [0.1, 0.15) is 6.04 Å². The predicted octanol–water partition coefficient (Wildman–Crippen LogP) is 1.78. The lowest BCUT2D eigenvalue weighted by Crippen LogP contribution is -2.43. The van der Waals surface area contributed by atoms with Gasteiger partial charge >= 0.3 is 0 Å². The fraction of sp³-hybridized carbons (Fsp3) is 0.217. The van der Waals surface area contributed by atoms with Crippen LogP contribution in [0.5, 0.6) is 0 Å². The highest BCUT2D eigenvalue weighted by Crippen LogP contribution is 2.26. The first-order valence-electron chi connectivity index (χ1n) is 10.0. The number of H-pyrrole nitrogens is 1. The average Bonchev–Trinajstić information content (AvgIpc) is 3.26. The lowest BCUT2D eigenvalue weighted by Gasteiger charge is -2.13. The number of para-hydroxylation sites is 1. The van der Waals surface area contributed by atoms with Crippen molar-refractivity contribution in [1.82, 2.24) is 9.88 Å². The van der Waals surface area contributed by atoms with E-state index in [9.17, 15) is 19.2 Å². The van der Waals surface area contributed by atoms with Gasteiger partial charge in [0.05, 0.1) is 11.1 Å². The number of amides is 3. The molecule has 1 aliphatic rings. The van der Waals surface area contributed by atoms with Crippen LogP contribution in [0.4, 0.5) is 0 Å². The van der Waals surface area contributed by atoms with E-state index in [-0.39, 0.29) is 18.4 Å². The van der Waals surface area contributed by atoms with Crippen LogP contribution in [0.2, 0.25) is 0 Å². The molecule has 3 aromatic rings. The second-order valence-corrected chi connectivity index (χ2v) is 7.53. The van der Waals surface area contributed by atoms with Crippen molar-refractivity contribution >= 4 is 34.4 Å². The lowest BCUT2D eigenvalue weighted by atomic mass is 9.98. The van der Waals surface area contributed by atoms with Crippen LogP contribution in [0.1, 0.15) is 49.6 Å². The van der Waals surface area contributed by atoms with Crippen molar-refractivity contribution in [2.45, 2.75) is 25.3 Å². The van der Waals surface area contributed by atoms with Crippen molar-refractivity contribution in [3.05, 3.63) is 70.9 Å². The number of fused-ring (bicyclic) bond motifs is 2. The summed E-state index contributed by atoms with van der Waals surface area (Å²) >= 11 is 0. The number of hydrogen-bond donors (Lipinski definition) is 3. The van der Waals surface area contributed by atoms with Gasteiger partial charge in [-0.25, -0.2) is 0 Å². The molecule has 31 heavy (non-hydrogen) atoms. The summed E-state index contributed by atoms with van der Waals surface area (Å²) in [5.74, 6) is -1.98. The van der Waals surface area contributed by atoms with Crippen LogP contribution in [0, 0.1) is 0 Å². The summed E-state index contributed by atoms with van der Waals surface area (Å²) in [5.41, 5.74) is 13.6. The maximum atomic E-state index is 12.8. The van der Waals surface area contributed by atoms with E-state index in [0.717, 1.165) is 5.52 Å². The first-order chi connectivity index (χ1) is 14.9. The van der Waals surface area contributed by atoms with Crippen LogP contribution in [-0.4, -0.2) is 46.0 Å². The monoisotopic (exact) mass is 418 g/mol. The van der Waals surface area contributed by atoms with Gasteiger partial charge in [-0.15, -0.1) is 0 Å². The Kier molecular flexibility index (Phi) is 5.39. The van der Waals surface area contributed by atoms with Gasteiger partial charge in [0.15, 0.2) is 5.78 Å². The Balaban J connectivity index is 1.47. The molecule has 0 bridgehead atoms. The third-order valence-electron chi connectivity index (χ3n) is 5.56. The van der Waals surface area contributed by atoms with Crippen LogP contribution >= 0.6 is 0 Å². The Morgan fingerprint density at radius 3 is 2.19 bits per heavy atom. The topological polar surface area (TPSA) is 139 Å². The minimum atomic E-state index is -1.42. The highest BCUT2D eigenvalue weighted by molar-refractivity contribution is 6.21. The number of nitrogens with zero attached hydrogens (tertiary/aromatic N) is 1. The number of nitrogens with two attached hydrogens (primary N) is 2. The molecule has 4 rings (SSSR count). The van der Waals surface area contributed by atoms with Gasteiger partial charge in [-0.05, 0) is 37.5 Å². The lowest BCUT2D eigenvalue weighted by molar-refractivity contribution is -0.118. The van der Waals surface area contributed by atoms with Crippen LogP contribution in [0.3, 0.4) is 0 Å². The molecule has 1 aromatic heterocycles. The van der Waals surface area contributed by atoms with E-state index in [0.29, 0.717) is 47.0 Å². The molecule has 5 N–H and O–H groups in total. The van der Waals surface area contributed by atoms with E-state index in [1.165, 1.54) is 4.90 Å². The number of aromatic nitrogens is 1. The fourth-order valence-electron chi connectivity index (χ4n) is 3.97. The molecule has 3 amide bonds. The third-order valence-corrected chi connectivity index (χ3v) is 5.56. The summed E-state index contributed by atoms with van der Waals surface area (Å²) in [6.07, 6.45) is 1.67. The van der Waals surface area contributed by atoms with Crippen molar-refractivity contribution in [2.24, 2.45) is 11.5 Å². The number of Topliss-reactive ketones (excluding diaryl/α,β-unsaturated/α-hetero) is 1. The quantitative estimate of drug-likeness (QED) is 0.221. The predicted molar refractivity (Wildman–Crippen MR) is 115 cm³/mol. The zero-order valence-electron chi connectivity index (χ0n) is 16.8. The molecule has 0 saturated heterocycles. The second-order valence-electron chi connectivity index (χ2n) is 7.53. The Morgan fingerprint density at radius 1 is 0.935 bits per heavy atom. The maximum Gasteiger partial charge on any atom is 0.261 e. The highest BCUT2D eigenvalue weighted by atomic mass is 16.2. The van der Waals surface area contributed by atoms with Gasteiger partial charge in [-0.2, -0.15) is 0 Å². The number of aryl methyl sites for hydroxylation is 1. The normalized spacial score (nSPS) is 14.2. The number of carbonyl (C=O) groups excluding carboxylic acids is 4. The van der Waals surface area contributed by atoms with Crippen molar-refractivity contribution in [2.75, 3.05) is 6.54 Å². The minimum absolute atomic E-state index is 0.283. The molecule has 0 saturated carbocycles. The van der Waals surface area contributed by atoms with Crippen molar-refractivity contribution in [3.63, 3.8) is 0 Å². The minimum Gasteiger partial charge on any atom is -0.368 e. The maximum absolute atomic E-state index is 12.8. The Labute approximate surface area is 178 Å². The number of carbonyl (C=O) groups is 4. The number of primary amides is 1. The number of hydrogen-bond acceptors (Lipinski definition) is 5. The molecule has 8 heteroatoms. The number of ketones is 1. The molecule has 158 valence electrons. The van der Waals surface area contributed by atoms with E-state index in [1.807, 2.05) is 12.1 Å². The van der Waals surface area contributed by atoms with Crippen molar-refractivity contribution in [1.29, 1.82) is 0 Å². The molecule has 1 aliphatic heterocycles. The van der Waals surface area contributed by atoms with E-state index < -0.39 is 17.7 Å². The molecule has 1 atom stereocenters. The van der Waals surface area contributed by atoms with E-state index in [1.54, 1.807) is 36.4 Å². The van der Waals surface area contributed by atoms with Crippen molar-refractivity contribution < 1.29 is 19.2 Å².